The second kappa shape index (κ2) is 9.60. The van der Waals surface area contributed by atoms with Crippen LogP contribution >= 0.6 is 11.6 Å². The first-order chi connectivity index (χ1) is 14.4. The lowest BCUT2D eigenvalue weighted by Crippen LogP contribution is -2.34. The Balaban J connectivity index is 1.57. The van der Waals surface area contributed by atoms with Gasteiger partial charge < -0.3 is 10.2 Å². The van der Waals surface area contributed by atoms with Crippen LogP contribution in [0.5, 0.6) is 0 Å². The summed E-state index contributed by atoms with van der Waals surface area (Å²) in [5.74, 6) is -1.16. The van der Waals surface area contributed by atoms with E-state index in [2.05, 4.69) is 5.32 Å². The summed E-state index contributed by atoms with van der Waals surface area (Å²) in [4.78, 5) is 52.7. The molecule has 2 atom stereocenters. The second-order valence-electron chi connectivity index (χ2n) is 7.80. The van der Waals surface area contributed by atoms with Crippen molar-refractivity contribution in [2.45, 2.75) is 46.0 Å². The average Bonchev–Trinajstić information content (AvgIpc) is 2.97. The minimum Gasteiger partial charge on any atom is -0.339 e. The molecule has 3 rings (SSSR count). The van der Waals surface area contributed by atoms with E-state index in [-0.39, 0.29) is 53.5 Å². The Bertz CT molecular complexity index is 829. The molecule has 1 aromatic rings. The Morgan fingerprint density at radius 2 is 1.70 bits per heavy atom. The van der Waals surface area contributed by atoms with Crippen molar-refractivity contribution < 1.29 is 19.2 Å². The summed E-state index contributed by atoms with van der Waals surface area (Å²) in [7, 11) is 0. The van der Waals surface area contributed by atoms with Crippen LogP contribution in [0.25, 0.3) is 0 Å². The SMILES string of the molecule is CCN(CC)C(=O)c1ccc(NC(=O)CCN2C(=O)C3CCCCC3C2=O)cc1Cl. The highest BCUT2D eigenvalue weighted by Crippen LogP contribution is 2.38. The third-order valence-corrected chi connectivity index (χ3v) is 6.34. The molecule has 1 heterocycles. The molecule has 1 N–H and O–H groups in total. The summed E-state index contributed by atoms with van der Waals surface area (Å²) in [5.41, 5.74) is 0.850. The third kappa shape index (κ3) is 4.51. The van der Waals surface area contributed by atoms with Gasteiger partial charge in [-0.2, -0.15) is 0 Å². The van der Waals surface area contributed by atoms with Gasteiger partial charge in [0.1, 0.15) is 0 Å². The maximum Gasteiger partial charge on any atom is 0.255 e. The average molecular weight is 434 g/mol. The number of carbonyl (C=O) groups excluding carboxylic acids is 4. The van der Waals surface area contributed by atoms with E-state index < -0.39 is 0 Å². The topological polar surface area (TPSA) is 86.8 Å². The molecule has 30 heavy (non-hydrogen) atoms. The molecular formula is C22H28ClN3O4. The Morgan fingerprint density at radius 3 is 2.23 bits per heavy atom. The van der Waals surface area contributed by atoms with Crippen LogP contribution in [0.3, 0.4) is 0 Å². The van der Waals surface area contributed by atoms with E-state index in [1.807, 2.05) is 13.8 Å². The minimum atomic E-state index is -0.315. The van der Waals surface area contributed by atoms with Crippen LogP contribution in [0.1, 0.15) is 56.3 Å². The van der Waals surface area contributed by atoms with Crippen LogP contribution in [0, 0.1) is 11.8 Å². The molecule has 2 fully saturated rings. The van der Waals surface area contributed by atoms with E-state index in [1.165, 1.54) is 11.0 Å². The lowest BCUT2D eigenvalue weighted by molar-refractivity contribution is -0.140. The molecule has 0 aromatic heterocycles. The number of benzene rings is 1. The van der Waals surface area contributed by atoms with Gasteiger partial charge in [0, 0.05) is 31.7 Å². The molecule has 2 unspecified atom stereocenters. The molecule has 162 valence electrons. The lowest BCUT2D eigenvalue weighted by Gasteiger charge is -2.19. The number of carbonyl (C=O) groups is 4. The van der Waals surface area contributed by atoms with Crippen LogP contribution in [-0.4, -0.2) is 53.1 Å². The van der Waals surface area contributed by atoms with Crippen LogP contribution in [-0.2, 0) is 14.4 Å². The minimum absolute atomic E-state index is 0.0225. The zero-order valence-electron chi connectivity index (χ0n) is 17.4. The highest BCUT2D eigenvalue weighted by atomic mass is 35.5. The molecular weight excluding hydrogens is 406 g/mol. The van der Waals surface area contributed by atoms with Crippen LogP contribution in [0.4, 0.5) is 5.69 Å². The van der Waals surface area contributed by atoms with Gasteiger partial charge in [0.2, 0.25) is 17.7 Å². The predicted molar refractivity (Wildman–Crippen MR) is 114 cm³/mol. The van der Waals surface area contributed by atoms with Gasteiger partial charge in [0.25, 0.3) is 5.91 Å². The van der Waals surface area contributed by atoms with Gasteiger partial charge in [0.15, 0.2) is 0 Å². The van der Waals surface area contributed by atoms with E-state index in [4.69, 9.17) is 11.6 Å². The van der Waals surface area contributed by atoms with Crippen molar-refractivity contribution in [3.63, 3.8) is 0 Å². The second-order valence-corrected chi connectivity index (χ2v) is 8.20. The highest BCUT2D eigenvalue weighted by Gasteiger charge is 2.47. The van der Waals surface area contributed by atoms with Crippen molar-refractivity contribution >= 4 is 40.9 Å². The molecule has 1 aliphatic heterocycles. The molecule has 0 spiro atoms. The number of hydrogen-bond donors (Lipinski definition) is 1. The molecule has 8 heteroatoms. The summed E-state index contributed by atoms with van der Waals surface area (Å²) in [6.07, 6.45) is 3.49. The summed E-state index contributed by atoms with van der Waals surface area (Å²) < 4.78 is 0. The Kier molecular flexibility index (Phi) is 7.13. The van der Waals surface area contributed by atoms with Gasteiger partial charge in [-0.3, -0.25) is 24.1 Å². The molecule has 2 aliphatic rings. The van der Waals surface area contributed by atoms with Gasteiger partial charge >= 0.3 is 0 Å². The van der Waals surface area contributed by atoms with Crippen LogP contribution in [0.2, 0.25) is 5.02 Å². The maximum absolute atomic E-state index is 12.5. The number of halogens is 1. The first kappa shape index (κ1) is 22.3. The van der Waals surface area contributed by atoms with Gasteiger partial charge in [-0.05, 0) is 44.9 Å². The summed E-state index contributed by atoms with van der Waals surface area (Å²) in [5, 5.41) is 2.99. The fourth-order valence-electron chi connectivity index (χ4n) is 4.34. The summed E-state index contributed by atoms with van der Waals surface area (Å²) in [6, 6.07) is 4.76. The molecule has 1 saturated carbocycles. The molecule has 1 aliphatic carbocycles. The predicted octanol–water partition coefficient (Wildman–Crippen LogP) is 3.33. The smallest absolute Gasteiger partial charge is 0.255 e. The first-order valence-electron chi connectivity index (χ1n) is 10.6. The number of amides is 4. The van der Waals surface area contributed by atoms with E-state index in [9.17, 15) is 19.2 Å². The van der Waals surface area contributed by atoms with Crippen molar-refractivity contribution in [3.8, 4) is 0 Å². The maximum atomic E-state index is 12.5. The fourth-order valence-corrected chi connectivity index (χ4v) is 4.60. The zero-order valence-corrected chi connectivity index (χ0v) is 18.2. The normalized spacial score (nSPS) is 20.8. The Morgan fingerprint density at radius 1 is 1.10 bits per heavy atom. The van der Waals surface area contributed by atoms with Crippen molar-refractivity contribution in [3.05, 3.63) is 28.8 Å². The number of fused-ring (bicyclic) bond motifs is 1. The number of likely N-dealkylation sites (tertiary alicyclic amines) is 1. The molecule has 7 nitrogen and oxygen atoms in total. The van der Waals surface area contributed by atoms with Crippen molar-refractivity contribution in [2.75, 3.05) is 25.0 Å². The number of rotatable bonds is 7. The highest BCUT2D eigenvalue weighted by molar-refractivity contribution is 6.34. The quantitative estimate of drug-likeness (QED) is 0.668. The van der Waals surface area contributed by atoms with E-state index >= 15 is 0 Å². The standard InChI is InChI=1S/C22H28ClN3O4/c1-3-25(4-2)20(28)17-10-9-14(13-18(17)23)24-19(27)11-12-26-21(29)15-7-5-6-8-16(15)22(26)30/h9-10,13,15-16H,3-8,11-12H2,1-2H3,(H,24,27). The van der Waals surface area contributed by atoms with Gasteiger partial charge in [-0.25, -0.2) is 0 Å². The van der Waals surface area contributed by atoms with Crippen molar-refractivity contribution in [2.24, 2.45) is 11.8 Å². The lowest BCUT2D eigenvalue weighted by atomic mass is 9.81. The van der Waals surface area contributed by atoms with E-state index in [1.54, 1.807) is 17.0 Å². The molecule has 0 radical (unpaired) electrons. The van der Waals surface area contributed by atoms with Gasteiger partial charge in [-0.15, -0.1) is 0 Å². The zero-order chi connectivity index (χ0) is 21.8. The van der Waals surface area contributed by atoms with E-state index in [0.717, 1.165) is 25.7 Å². The molecule has 0 bridgehead atoms. The Hall–Kier alpha value is -2.41. The number of nitrogens with zero attached hydrogens (tertiary/aromatic N) is 2. The number of anilines is 1. The molecule has 4 amide bonds. The largest absolute Gasteiger partial charge is 0.339 e. The fraction of sp³-hybridized carbons (Fsp3) is 0.545. The summed E-state index contributed by atoms with van der Waals surface area (Å²) >= 11 is 6.26. The number of nitrogens with one attached hydrogen (secondary N) is 1. The van der Waals surface area contributed by atoms with Crippen molar-refractivity contribution in [1.29, 1.82) is 0 Å². The van der Waals surface area contributed by atoms with Gasteiger partial charge in [-0.1, -0.05) is 24.4 Å². The molecule has 1 saturated heterocycles. The monoisotopic (exact) mass is 433 g/mol. The van der Waals surface area contributed by atoms with Crippen LogP contribution in [0.15, 0.2) is 18.2 Å². The first-order valence-corrected chi connectivity index (χ1v) is 11.0. The van der Waals surface area contributed by atoms with Crippen molar-refractivity contribution in [1.82, 2.24) is 9.80 Å². The number of hydrogen-bond acceptors (Lipinski definition) is 4. The number of imide groups is 1. The molecule has 1 aromatic carbocycles. The Labute approximate surface area is 181 Å². The summed E-state index contributed by atoms with van der Waals surface area (Å²) in [6.45, 7) is 5.05. The van der Waals surface area contributed by atoms with E-state index in [0.29, 0.717) is 24.3 Å². The van der Waals surface area contributed by atoms with Gasteiger partial charge in [0.05, 0.1) is 22.4 Å². The van der Waals surface area contributed by atoms with Crippen LogP contribution < -0.4 is 5.32 Å². The third-order valence-electron chi connectivity index (χ3n) is 6.03.